The maximum Gasteiger partial charge on any atom is 0.306 e. The number of ether oxygens (including phenoxy) is 3. The third-order valence-electron chi connectivity index (χ3n) is 11.2. The van der Waals surface area contributed by atoms with E-state index in [4.69, 9.17) is 14.2 Å². The van der Waals surface area contributed by atoms with Crippen LogP contribution in [0, 0.1) is 0 Å². The van der Waals surface area contributed by atoms with Gasteiger partial charge in [0.25, 0.3) is 0 Å². The van der Waals surface area contributed by atoms with Crippen molar-refractivity contribution in [3.05, 3.63) is 85.1 Å². The van der Waals surface area contributed by atoms with Crippen LogP contribution < -0.4 is 0 Å². The molecule has 0 saturated heterocycles. The van der Waals surface area contributed by atoms with E-state index in [1.54, 1.807) is 0 Å². The fourth-order valence-electron chi connectivity index (χ4n) is 7.20. The van der Waals surface area contributed by atoms with Crippen LogP contribution in [0.1, 0.15) is 245 Å². The summed E-state index contributed by atoms with van der Waals surface area (Å²) in [6, 6.07) is 0. The standard InChI is InChI=1S/C58H98O6/c1-4-7-10-13-16-19-22-24-25-26-27-28-29-30-31-32-33-34-37-39-42-45-48-51-57(60)63-54-55(53-62-56(59)50-47-44-41-38-35-21-18-15-12-9-6-3)64-58(61)52-49-46-43-40-36-23-20-17-14-11-8-5-2/h7,10,16,19,24-25,27-28,30-31,33-34,39,42,55H,4-6,8-9,11-15,17-18,20-23,26,29,32,35-38,40-41,43-54H2,1-3H3/b10-7-,19-16-,25-24-,28-27-,31-30-,34-33-,42-39-. The number of allylic oxidation sites excluding steroid dienone is 14. The van der Waals surface area contributed by atoms with Crippen LogP contribution >= 0.6 is 0 Å². The first-order valence-electron chi connectivity index (χ1n) is 26.6. The number of hydrogen-bond donors (Lipinski definition) is 0. The van der Waals surface area contributed by atoms with Gasteiger partial charge < -0.3 is 14.2 Å². The Morgan fingerprint density at radius 3 is 0.953 bits per heavy atom. The van der Waals surface area contributed by atoms with Gasteiger partial charge in [0.2, 0.25) is 0 Å². The molecular formula is C58H98O6. The molecule has 0 bridgehead atoms. The molecule has 1 unspecified atom stereocenters. The van der Waals surface area contributed by atoms with Crippen molar-refractivity contribution in [1.29, 1.82) is 0 Å². The van der Waals surface area contributed by atoms with Crippen LogP contribution in [0.25, 0.3) is 0 Å². The molecule has 0 aromatic heterocycles. The molecular weight excluding hydrogens is 793 g/mol. The van der Waals surface area contributed by atoms with Crippen molar-refractivity contribution in [2.45, 2.75) is 252 Å². The zero-order valence-corrected chi connectivity index (χ0v) is 41.8. The maximum absolute atomic E-state index is 12.8. The lowest BCUT2D eigenvalue weighted by Crippen LogP contribution is -2.30. The molecule has 0 fully saturated rings. The second-order valence-electron chi connectivity index (χ2n) is 17.4. The minimum atomic E-state index is -0.795. The number of unbranched alkanes of at least 4 members (excludes halogenated alkanes) is 22. The minimum Gasteiger partial charge on any atom is -0.462 e. The van der Waals surface area contributed by atoms with Crippen molar-refractivity contribution in [2.24, 2.45) is 0 Å². The molecule has 0 amide bonds. The molecule has 0 aliphatic rings. The molecule has 0 N–H and O–H groups in total. The first kappa shape index (κ1) is 60.6. The molecule has 1 atom stereocenters. The minimum absolute atomic E-state index is 0.0916. The number of carbonyl (C=O) groups excluding carboxylic acids is 3. The molecule has 0 spiro atoms. The summed E-state index contributed by atoms with van der Waals surface area (Å²) >= 11 is 0. The van der Waals surface area contributed by atoms with Crippen LogP contribution in [0.3, 0.4) is 0 Å². The maximum atomic E-state index is 12.8. The molecule has 0 aliphatic heterocycles. The van der Waals surface area contributed by atoms with Gasteiger partial charge in [0, 0.05) is 19.3 Å². The van der Waals surface area contributed by atoms with Gasteiger partial charge >= 0.3 is 17.9 Å². The Morgan fingerprint density at radius 1 is 0.328 bits per heavy atom. The van der Waals surface area contributed by atoms with Crippen LogP contribution in [0.15, 0.2) is 85.1 Å². The van der Waals surface area contributed by atoms with Crippen LogP contribution in [0.5, 0.6) is 0 Å². The van der Waals surface area contributed by atoms with Crippen molar-refractivity contribution in [2.75, 3.05) is 13.2 Å². The number of rotatable bonds is 47. The van der Waals surface area contributed by atoms with E-state index in [2.05, 4.69) is 106 Å². The highest BCUT2D eigenvalue weighted by atomic mass is 16.6. The summed E-state index contributed by atoms with van der Waals surface area (Å²) in [6.45, 7) is 6.47. The summed E-state index contributed by atoms with van der Waals surface area (Å²) in [5.74, 6) is -0.952. The van der Waals surface area contributed by atoms with Crippen LogP contribution in [0.4, 0.5) is 0 Å². The summed E-state index contributed by atoms with van der Waals surface area (Å²) in [5, 5.41) is 0. The van der Waals surface area contributed by atoms with E-state index in [1.807, 2.05) is 0 Å². The number of esters is 3. The molecule has 0 heterocycles. The fraction of sp³-hybridized carbons (Fsp3) is 0.707. The molecule has 0 rings (SSSR count). The quantitative estimate of drug-likeness (QED) is 0.0262. The van der Waals surface area contributed by atoms with Gasteiger partial charge in [0.1, 0.15) is 13.2 Å². The van der Waals surface area contributed by atoms with E-state index in [0.717, 1.165) is 89.9 Å². The summed E-state index contributed by atoms with van der Waals surface area (Å²) in [7, 11) is 0. The van der Waals surface area contributed by atoms with Crippen molar-refractivity contribution >= 4 is 17.9 Å². The van der Waals surface area contributed by atoms with Crippen molar-refractivity contribution in [1.82, 2.24) is 0 Å². The molecule has 0 aromatic rings. The molecule has 0 aromatic carbocycles. The third kappa shape index (κ3) is 49.6. The summed E-state index contributed by atoms with van der Waals surface area (Å²) in [5.41, 5.74) is 0. The van der Waals surface area contributed by atoms with Gasteiger partial charge in [-0.3, -0.25) is 14.4 Å². The Hall–Kier alpha value is -3.41. The summed E-state index contributed by atoms with van der Waals surface area (Å²) in [6.07, 6.45) is 67.2. The van der Waals surface area contributed by atoms with Gasteiger partial charge in [0.15, 0.2) is 6.10 Å². The van der Waals surface area contributed by atoms with Crippen molar-refractivity contribution < 1.29 is 28.6 Å². The lowest BCUT2D eigenvalue weighted by Gasteiger charge is -2.18. The van der Waals surface area contributed by atoms with Crippen molar-refractivity contribution in [3.8, 4) is 0 Å². The van der Waals surface area contributed by atoms with E-state index in [9.17, 15) is 14.4 Å². The van der Waals surface area contributed by atoms with Gasteiger partial charge in [-0.2, -0.15) is 0 Å². The van der Waals surface area contributed by atoms with Gasteiger partial charge in [0.05, 0.1) is 0 Å². The highest BCUT2D eigenvalue weighted by Gasteiger charge is 2.19. The lowest BCUT2D eigenvalue weighted by atomic mass is 10.0. The summed E-state index contributed by atoms with van der Waals surface area (Å²) in [4.78, 5) is 37.9. The molecule has 64 heavy (non-hydrogen) atoms. The van der Waals surface area contributed by atoms with Crippen LogP contribution in [0.2, 0.25) is 0 Å². The monoisotopic (exact) mass is 891 g/mol. The lowest BCUT2D eigenvalue weighted by molar-refractivity contribution is -0.167. The number of hydrogen-bond acceptors (Lipinski definition) is 6. The van der Waals surface area contributed by atoms with Gasteiger partial charge in [-0.1, -0.05) is 241 Å². The van der Waals surface area contributed by atoms with Crippen molar-refractivity contribution in [3.63, 3.8) is 0 Å². The topological polar surface area (TPSA) is 78.9 Å². The van der Waals surface area contributed by atoms with E-state index in [0.29, 0.717) is 19.3 Å². The van der Waals surface area contributed by atoms with E-state index < -0.39 is 6.10 Å². The Morgan fingerprint density at radius 2 is 0.609 bits per heavy atom. The van der Waals surface area contributed by atoms with E-state index in [-0.39, 0.29) is 37.5 Å². The zero-order valence-electron chi connectivity index (χ0n) is 41.8. The van der Waals surface area contributed by atoms with E-state index >= 15 is 0 Å². The second-order valence-corrected chi connectivity index (χ2v) is 17.4. The SMILES string of the molecule is CC/C=C\C/C=C\C/C=C\C/C=C\C/C=C\C/C=C\C/C=C\CCCC(=O)OCC(COC(=O)CCCCCCCCCCCCC)OC(=O)CCCCCCCCCCCCCC. The van der Waals surface area contributed by atoms with Gasteiger partial charge in [-0.05, 0) is 70.6 Å². The molecule has 0 radical (unpaired) electrons. The molecule has 366 valence electrons. The summed E-state index contributed by atoms with van der Waals surface area (Å²) < 4.78 is 16.7. The second kappa shape index (κ2) is 52.2. The van der Waals surface area contributed by atoms with E-state index in [1.165, 1.54) is 109 Å². The highest BCUT2D eigenvalue weighted by molar-refractivity contribution is 5.71. The average molecular weight is 891 g/mol. The predicted octanol–water partition coefficient (Wildman–Crippen LogP) is 17.6. The molecule has 6 heteroatoms. The van der Waals surface area contributed by atoms with Gasteiger partial charge in [-0.25, -0.2) is 0 Å². The Kier molecular flexibility index (Phi) is 49.4. The first-order valence-corrected chi connectivity index (χ1v) is 26.6. The molecule has 0 saturated carbocycles. The molecule has 0 aliphatic carbocycles. The largest absolute Gasteiger partial charge is 0.462 e. The molecule has 6 nitrogen and oxygen atoms in total. The zero-order chi connectivity index (χ0) is 46.5. The highest BCUT2D eigenvalue weighted by Crippen LogP contribution is 2.15. The normalized spacial score (nSPS) is 12.7. The Balaban J connectivity index is 4.41. The van der Waals surface area contributed by atoms with Gasteiger partial charge in [-0.15, -0.1) is 0 Å². The fourth-order valence-corrected chi connectivity index (χ4v) is 7.20. The van der Waals surface area contributed by atoms with Crippen LogP contribution in [-0.2, 0) is 28.6 Å². The smallest absolute Gasteiger partial charge is 0.306 e. The third-order valence-corrected chi connectivity index (χ3v) is 11.2. The number of carbonyl (C=O) groups is 3. The van der Waals surface area contributed by atoms with Crippen LogP contribution in [-0.4, -0.2) is 37.2 Å². The first-order chi connectivity index (χ1) is 31.5. The average Bonchev–Trinajstić information content (AvgIpc) is 3.29. The Bertz CT molecular complexity index is 1250. The predicted molar refractivity (Wildman–Crippen MR) is 274 cm³/mol. The Labute approximate surface area is 395 Å².